The number of nitrogens with two attached hydrogens (primary N) is 1. The van der Waals surface area contributed by atoms with E-state index in [-0.39, 0.29) is 16.8 Å². The second-order valence-corrected chi connectivity index (χ2v) is 6.71. The lowest BCUT2D eigenvalue weighted by Gasteiger charge is -2.18. The number of alkyl halides is 3. The van der Waals surface area contributed by atoms with Crippen LogP contribution in [0.3, 0.4) is 0 Å². The quantitative estimate of drug-likeness (QED) is 0.555. The third kappa shape index (κ3) is 5.51. The van der Waals surface area contributed by atoms with E-state index in [4.69, 9.17) is 10.5 Å². The zero-order valence-electron chi connectivity index (χ0n) is 16.4. The van der Waals surface area contributed by atoms with Crippen molar-refractivity contribution in [2.75, 3.05) is 5.32 Å². The molecule has 0 saturated heterocycles. The van der Waals surface area contributed by atoms with Gasteiger partial charge in [-0.05, 0) is 42.5 Å². The van der Waals surface area contributed by atoms with Gasteiger partial charge in [0.25, 0.3) is 5.91 Å². The van der Waals surface area contributed by atoms with Gasteiger partial charge in [-0.25, -0.2) is 4.79 Å². The molecule has 32 heavy (non-hydrogen) atoms. The molecule has 1 atom stereocenters. The molecule has 3 aromatic rings. The lowest BCUT2D eigenvalue weighted by Crippen LogP contribution is -2.26. The highest BCUT2D eigenvalue weighted by Crippen LogP contribution is 2.31. The number of esters is 1. The van der Waals surface area contributed by atoms with E-state index in [0.29, 0.717) is 5.56 Å². The van der Waals surface area contributed by atoms with Gasteiger partial charge in [-0.15, -0.1) is 0 Å². The van der Waals surface area contributed by atoms with E-state index in [2.05, 4.69) is 5.32 Å². The van der Waals surface area contributed by atoms with Crippen molar-refractivity contribution < 1.29 is 32.3 Å². The number of anilines is 1. The first kappa shape index (κ1) is 22.5. The number of primary amides is 1. The molecule has 2 amide bonds. The largest absolute Gasteiger partial charge is 0.444 e. The first-order valence-corrected chi connectivity index (χ1v) is 9.29. The number of benzene rings is 3. The maximum absolute atomic E-state index is 13.0. The van der Waals surface area contributed by atoms with Gasteiger partial charge in [0.15, 0.2) is 0 Å². The Bertz CT molecular complexity index is 1130. The summed E-state index contributed by atoms with van der Waals surface area (Å²) in [5.74, 6) is -2.38. The van der Waals surface area contributed by atoms with Crippen molar-refractivity contribution >= 4 is 23.5 Å². The third-order valence-corrected chi connectivity index (χ3v) is 4.43. The van der Waals surface area contributed by atoms with Crippen molar-refractivity contribution in [3.63, 3.8) is 0 Å². The molecule has 0 fully saturated rings. The number of hydrogen-bond acceptors (Lipinski definition) is 4. The SMILES string of the molecule is NC(=O)c1ccc(C(=O)OC(C(=O)Nc2cccc(C(F)(F)F)c2)c2ccccc2)cc1. The summed E-state index contributed by atoms with van der Waals surface area (Å²) in [7, 11) is 0. The average Bonchev–Trinajstić information content (AvgIpc) is 2.77. The van der Waals surface area contributed by atoms with Crippen LogP contribution in [-0.4, -0.2) is 17.8 Å². The summed E-state index contributed by atoms with van der Waals surface area (Å²) in [6.07, 6.45) is -6.02. The van der Waals surface area contributed by atoms with Crippen molar-refractivity contribution in [3.8, 4) is 0 Å². The Balaban J connectivity index is 1.84. The summed E-state index contributed by atoms with van der Waals surface area (Å²) in [4.78, 5) is 36.6. The summed E-state index contributed by atoms with van der Waals surface area (Å²) >= 11 is 0. The molecule has 0 aliphatic rings. The van der Waals surface area contributed by atoms with Crippen LogP contribution < -0.4 is 11.1 Å². The van der Waals surface area contributed by atoms with E-state index in [9.17, 15) is 27.6 Å². The molecule has 0 radical (unpaired) electrons. The van der Waals surface area contributed by atoms with Gasteiger partial charge in [0.1, 0.15) is 0 Å². The number of carbonyl (C=O) groups excluding carboxylic acids is 3. The monoisotopic (exact) mass is 442 g/mol. The predicted octanol–water partition coefficient (Wildman–Crippen LogP) is 4.34. The molecule has 0 heterocycles. The van der Waals surface area contributed by atoms with Gasteiger partial charge in [0.2, 0.25) is 12.0 Å². The molecule has 6 nitrogen and oxygen atoms in total. The second kappa shape index (κ2) is 9.34. The van der Waals surface area contributed by atoms with Crippen LogP contribution in [0.15, 0.2) is 78.9 Å². The second-order valence-electron chi connectivity index (χ2n) is 6.71. The number of amides is 2. The Morgan fingerprint density at radius 1 is 0.844 bits per heavy atom. The molecule has 0 aromatic heterocycles. The number of nitrogens with one attached hydrogen (secondary N) is 1. The van der Waals surface area contributed by atoms with E-state index < -0.39 is 35.6 Å². The summed E-state index contributed by atoms with van der Waals surface area (Å²) in [6.45, 7) is 0. The molecule has 0 aliphatic carbocycles. The normalized spacial score (nSPS) is 12.0. The molecule has 0 aliphatic heterocycles. The first-order valence-electron chi connectivity index (χ1n) is 9.29. The molecule has 3 rings (SSSR count). The van der Waals surface area contributed by atoms with Gasteiger partial charge in [-0.1, -0.05) is 36.4 Å². The van der Waals surface area contributed by atoms with E-state index in [1.807, 2.05) is 0 Å². The van der Waals surface area contributed by atoms with Gasteiger partial charge in [-0.2, -0.15) is 13.2 Å². The van der Waals surface area contributed by atoms with E-state index in [0.717, 1.165) is 18.2 Å². The summed E-state index contributed by atoms with van der Waals surface area (Å²) in [5.41, 5.74) is 4.69. The molecule has 3 N–H and O–H groups in total. The van der Waals surface area contributed by atoms with Crippen molar-refractivity contribution in [1.29, 1.82) is 0 Å². The number of hydrogen-bond donors (Lipinski definition) is 2. The highest BCUT2D eigenvalue weighted by Gasteiger charge is 2.31. The Morgan fingerprint density at radius 3 is 2.06 bits per heavy atom. The molecule has 0 spiro atoms. The minimum atomic E-state index is -4.58. The number of rotatable bonds is 6. The molecule has 0 saturated carbocycles. The van der Waals surface area contributed by atoms with Crippen LogP contribution in [-0.2, 0) is 15.7 Å². The van der Waals surface area contributed by atoms with E-state index >= 15 is 0 Å². The smallest absolute Gasteiger partial charge is 0.416 e. The maximum atomic E-state index is 13.0. The summed E-state index contributed by atoms with van der Waals surface area (Å²) in [5, 5.41) is 2.36. The summed E-state index contributed by atoms with van der Waals surface area (Å²) < 4.78 is 44.2. The summed E-state index contributed by atoms with van der Waals surface area (Å²) in [6, 6.07) is 17.4. The zero-order chi connectivity index (χ0) is 23.3. The average molecular weight is 442 g/mol. The highest BCUT2D eigenvalue weighted by molar-refractivity contribution is 5.99. The number of ether oxygens (including phenoxy) is 1. The minimum absolute atomic E-state index is 0.0581. The molecule has 9 heteroatoms. The Hall–Kier alpha value is -4.14. The fourth-order valence-electron chi connectivity index (χ4n) is 2.83. The van der Waals surface area contributed by atoms with E-state index in [1.54, 1.807) is 30.3 Å². The zero-order valence-corrected chi connectivity index (χ0v) is 16.4. The Labute approximate surface area is 180 Å². The van der Waals surface area contributed by atoms with Gasteiger partial charge >= 0.3 is 12.1 Å². The van der Waals surface area contributed by atoms with Crippen LogP contribution in [0.1, 0.15) is 37.9 Å². The van der Waals surface area contributed by atoms with Crippen LogP contribution in [0.25, 0.3) is 0 Å². The molecular weight excluding hydrogens is 425 g/mol. The van der Waals surface area contributed by atoms with Crippen molar-refractivity contribution in [3.05, 3.63) is 101 Å². The predicted molar refractivity (Wildman–Crippen MR) is 110 cm³/mol. The molecule has 164 valence electrons. The fourth-order valence-corrected chi connectivity index (χ4v) is 2.83. The van der Waals surface area contributed by atoms with Crippen LogP contribution >= 0.6 is 0 Å². The van der Waals surface area contributed by atoms with Crippen LogP contribution in [0.4, 0.5) is 18.9 Å². The van der Waals surface area contributed by atoms with Crippen LogP contribution in [0, 0.1) is 0 Å². The topological polar surface area (TPSA) is 98.5 Å². The first-order chi connectivity index (χ1) is 15.1. The van der Waals surface area contributed by atoms with Gasteiger partial charge in [-0.3, -0.25) is 9.59 Å². The van der Waals surface area contributed by atoms with Crippen molar-refractivity contribution in [2.45, 2.75) is 12.3 Å². The van der Waals surface area contributed by atoms with Gasteiger partial charge in [0.05, 0.1) is 11.1 Å². The Morgan fingerprint density at radius 2 is 1.47 bits per heavy atom. The lowest BCUT2D eigenvalue weighted by molar-refractivity contribution is -0.137. The standard InChI is InChI=1S/C23H17F3N2O4/c24-23(25,26)17-7-4-8-18(13-17)28-21(30)19(14-5-2-1-3-6-14)32-22(31)16-11-9-15(10-12-16)20(27)29/h1-13,19H,(H2,27,29)(H,28,30). The minimum Gasteiger partial charge on any atom is -0.444 e. The third-order valence-electron chi connectivity index (χ3n) is 4.43. The number of carbonyl (C=O) groups is 3. The molecular formula is C23H17F3N2O4. The molecule has 3 aromatic carbocycles. The van der Waals surface area contributed by atoms with Crippen molar-refractivity contribution in [1.82, 2.24) is 0 Å². The molecule has 1 unspecified atom stereocenters. The van der Waals surface area contributed by atoms with Gasteiger partial charge < -0.3 is 15.8 Å². The lowest BCUT2D eigenvalue weighted by atomic mass is 10.1. The number of halogens is 3. The van der Waals surface area contributed by atoms with E-state index in [1.165, 1.54) is 30.3 Å². The van der Waals surface area contributed by atoms with Crippen LogP contribution in [0.2, 0.25) is 0 Å². The fraction of sp³-hybridized carbons (Fsp3) is 0.0870. The molecule has 0 bridgehead atoms. The maximum Gasteiger partial charge on any atom is 0.416 e. The van der Waals surface area contributed by atoms with Crippen molar-refractivity contribution in [2.24, 2.45) is 5.73 Å². The Kier molecular flexibility index (Phi) is 6.58. The highest BCUT2D eigenvalue weighted by atomic mass is 19.4. The van der Waals surface area contributed by atoms with Gasteiger partial charge in [0, 0.05) is 16.8 Å². The van der Waals surface area contributed by atoms with Crippen LogP contribution in [0.5, 0.6) is 0 Å².